The summed E-state index contributed by atoms with van der Waals surface area (Å²) < 4.78 is 5.10. The SMILES string of the molecule is Cc1ccoc1C(=O)NCCCNc1ccc([N+](=O)[O-])cc1. The van der Waals surface area contributed by atoms with Crippen molar-refractivity contribution in [1.29, 1.82) is 0 Å². The zero-order valence-corrected chi connectivity index (χ0v) is 12.2. The van der Waals surface area contributed by atoms with Crippen LogP contribution in [0, 0.1) is 17.0 Å². The highest BCUT2D eigenvalue weighted by Gasteiger charge is 2.11. The maximum Gasteiger partial charge on any atom is 0.287 e. The lowest BCUT2D eigenvalue weighted by molar-refractivity contribution is -0.384. The van der Waals surface area contributed by atoms with E-state index in [9.17, 15) is 14.9 Å². The summed E-state index contributed by atoms with van der Waals surface area (Å²) in [4.78, 5) is 21.9. The molecule has 1 heterocycles. The molecular formula is C15H17N3O4. The average Bonchev–Trinajstić information content (AvgIpc) is 2.93. The van der Waals surface area contributed by atoms with Crippen molar-refractivity contribution in [3.8, 4) is 0 Å². The number of benzene rings is 1. The van der Waals surface area contributed by atoms with E-state index in [1.165, 1.54) is 18.4 Å². The molecule has 22 heavy (non-hydrogen) atoms. The number of aryl methyl sites for hydroxylation is 1. The first-order chi connectivity index (χ1) is 10.6. The van der Waals surface area contributed by atoms with E-state index < -0.39 is 4.92 Å². The Morgan fingerprint density at radius 3 is 2.55 bits per heavy atom. The largest absolute Gasteiger partial charge is 0.459 e. The number of carbonyl (C=O) groups excluding carboxylic acids is 1. The fourth-order valence-corrected chi connectivity index (χ4v) is 1.91. The Kier molecular flexibility index (Phi) is 5.13. The van der Waals surface area contributed by atoms with Crippen LogP contribution in [0.5, 0.6) is 0 Å². The minimum absolute atomic E-state index is 0.0617. The van der Waals surface area contributed by atoms with Crippen molar-refractivity contribution in [2.24, 2.45) is 0 Å². The number of anilines is 1. The summed E-state index contributed by atoms with van der Waals surface area (Å²) in [5.41, 5.74) is 1.67. The predicted molar refractivity (Wildman–Crippen MR) is 82.0 cm³/mol. The van der Waals surface area contributed by atoms with E-state index in [1.807, 2.05) is 6.92 Å². The first-order valence-corrected chi connectivity index (χ1v) is 6.88. The lowest BCUT2D eigenvalue weighted by atomic mass is 10.2. The highest BCUT2D eigenvalue weighted by Crippen LogP contribution is 2.15. The Balaban J connectivity index is 1.68. The van der Waals surface area contributed by atoms with E-state index >= 15 is 0 Å². The van der Waals surface area contributed by atoms with E-state index in [4.69, 9.17) is 4.42 Å². The van der Waals surface area contributed by atoms with E-state index in [1.54, 1.807) is 18.2 Å². The molecular weight excluding hydrogens is 286 g/mol. The summed E-state index contributed by atoms with van der Waals surface area (Å²) in [5.74, 6) is 0.112. The molecule has 0 spiro atoms. The van der Waals surface area contributed by atoms with Crippen LogP contribution in [-0.2, 0) is 0 Å². The van der Waals surface area contributed by atoms with Gasteiger partial charge in [0.1, 0.15) is 0 Å². The van der Waals surface area contributed by atoms with E-state index in [0.29, 0.717) is 18.8 Å². The van der Waals surface area contributed by atoms with Crippen LogP contribution >= 0.6 is 0 Å². The lowest BCUT2D eigenvalue weighted by Crippen LogP contribution is -2.25. The van der Waals surface area contributed by atoms with Crippen molar-refractivity contribution in [3.05, 3.63) is 58.0 Å². The number of nitro groups is 1. The fourth-order valence-electron chi connectivity index (χ4n) is 1.91. The molecule has 2 N–H and O–H groups in total. The molecule has 0 saturated heterocycles. The number of rotatable bonds is 7. The average molecular weight is 303 g/mol. The molecule has 2 rings (SSSR count). The highest BCUT2D eigenvalue weighted by molar-refractivity contribution is 5.92. The number of nitrogens with zero attached hydrogens (tertiary/aromatic N) is 1. The van der Waals surface area contributed by atoms with Gasteiger partial charge in [0.15, 0.2) is 5.76 Å². The summed E-state index contributed by atoms with van der Waals surface area (Å²) in [6.45, 7) is 2.97. The Morgan fingerprint density at radius 1 is 1.23 bits per heavy atom. The maximum absolute atomic E-state index is 11.8. The molecule has 0 fully saturated rings. The normalized spacial score (nSPS) is 10.2. The van der Waals surface area contributed by atoms with Crippen LogP contribution in [0.25, 0.3) is 0 Å². The van der Waals surface area contributed by atoms with Gasteiger partial charge in [0, 0.05) is 36.5 Å². The van der Waals surface area contributed by atoms with E-state index in [2.05, 4.69) is 10.6 Å². The monoisotopic (exact) mass is 303 g/mol. The minimum Gasteiger partial charge on any atom is -0.459 e. The molecule has 2 aromatic rings. The van der Waals surface area contributed by atoms with Gasteiger partial charge in [-0.25, -0.2) is 0 Å². The first-order valence-electron chi connectivity index (χ1n) is 6.88. The quantitative estimate of drug-likeness (QED) is 0.465. The Hall–Kier alpha value is -2.83. The number of non-ortho nitro benzene ring substituents is 1. The molecule has 7 nitrogen and oxygen atoms in total. The number of hydrogen-bond donors (Lipinski definition) is 2. The van der Waals surface area contributed by atoms with Gasteiger partial charge in [0.2, 0.25) is 0 Å². The third-order valence-electron chi connectivity index (χ3n) is 3.11. The smallest absolute Gasteiger partial charge is 0.287 e. The van der Waals surface area contributed by atoms with Crippen LogP contribution in [-0.4, -0.2) is 23.9 Å². The Morgan fingerprint density at radius 2 is 1.95 bits per heavy atom. The second kappa shape index (κ2) is 7.26. The second-order valence-electron chi connectivity index (χ2n) is 4.77. The van der Waals surface area contributed by atoms with Crippen LogP contribution in [0.1, 0.15) is 22.5 Å². The molecule has 0 aliphatic carbocycles. The molecule has 0 aliphatic heterocycles. The molecule has 0 saturated carbocycles. The zero-order valence-electron chi connectivity index (χ0n) is 12.2. The number of carbonyl (C=O) groups is 1. The van der Waals surface area contributed by atoms with Gasteiger partial charge >= 0.3 is 0 Å². The topological polar surface area (TPSA) is 97.4 Å². The molecule has 7 heteroatoms. The van der Waals surface area contributed by atoms with Crippen molar-refractivity contribution in [2.75, 3.05) is 18.4 Å². The maximum atomic E-state index is 11.8. The summed E-state index contributed by atoms with van der Waals surface area (Å²) in [6, 6.07) is 7.95. The second-order valence-corrected chi connectivity index (χ2v) is 4.77. The third kappa shape index (κ3) is 4.08. The Labute approximate surface area is 127 Å². The number of furan rings is 1. The van der Waals surface area contributed by atoms with Crippen molar-refractivity contribution in [2.45, 2.75) is 13.3 Å². The summed E-state index contributed by atoms with van der Waals surface area (Å²) in [5, 5.41) is 16.4. The van der Waals surface area contributed by atoms with Crippen LogP contribution in [0.4, 0.5) is 11.4 Å². The number of amides is 1. The molecule has 1 aromatic carbocycles. The first kappa shape index (κ1) is 15.6. The molecule has 1 amide bonds. The van der Waals surface area contributed by atoms with Crippen LogP contribution in [0.15, 0.2) is 41.0 Å². The molecule has 0 unspecified atom stereocenters. The van der Waals surface area contributed by atoms with Crippen molar-refractivity contribution in [1.82, 2.24) is 5.32 Å². The van der Waals surface area contributed by atoms with Crippen LogP contribution in [0.2, 0.25) is 0 Å². The summed E-state index contributed by atoms with van der Waals surface area (Å²) >= 11 is 0. The Bertz CT molecular complexity index is 649. The van der Waals surface area contributed by atoms with Gasteiger partial charge in [0.25, 0.3) is 11.6 Å². The van der Waals surface area contributed by atoms with Crippen LogP contribution in [0.3, 0.4) is 0 Å². The molecule has 0 bridgehead atoms. The van der Waals surface area contributed by atoms with E-state index in [-0.39, 0.29) is 11.6 Å². The molecule has 116 valence electrons. The fraction of sp³-hybridized carbons (Fsp3) is 0.267. The molecule has 0 radical (unpaired) electrons. The third-order valence-corrected chi connectivity index (χ3v) is 3.11. The zero-order chi connectivity index (χ0) is 15.9. The van der Waals surface area contributed by atoms with Crippen molar-refractivity contribution < 1.29 is 14.1 Å². The van der Waals surface area contributed by atoms with Gasteiger partial charge < -0.3 is 15.1 Å². The molecule has 1 aromatic heterocycles. The summed E-state index contributed by atoms with van der Waals surface area (Å²) in [6.07, 6.45) is 2.21. The van der Waals surface area contributed by atoms with Gasteiger partial charge in [-0.05, 0) is 31.5 Å². The van der Waals surface area contributed by atoms with Gasteiger partial charge in [-0.3, -0.25) is 14.9 Å². The summed E-state index contributed by atoms with van der Waals surface area (Å²) in [7, 11) is 0. The van der Waals surface area contributed by atoms with E-state index in [0.717, 1.165) is 17.7 Å². The molecule has 0 atom stereocenters. The minimum atomic E-state index is -0.435. The van der Waals surface area contributed by atoms with Crippen LogP contribution < -0.4 is 10.6 Å². The number of hydrogen-bond acceptors (Lipinski definition) is 5. The van der Waals surface area contributed by atoms with Gasteiger partial charge in [-0.2, -0.15) is 0 Å². The van der Waals surface area contributed by atoms with Crippen molar-refractivity contribution in [3.63, 3.8) is 0 Å². The lowest BCUT2D eigenvalue weighted by Gasteiger charge is -2.07. The standard InChI is InChI=1S/C15H17N3O4/c1-11-7-10-22-14(11)15(19)17-9-2-8-16-12-3-5-13(6-4-12)18(20)21/h3-7,10,16H,2,8-9H2,1H3,(H,17,19). The highest BCUT2D eigenvalue weighted by atomic mass is 16.6. The predicted octanol–water partition coefficient (Wildman–Crippen LogP) is 2.73. The molecule has 0 aliphatic rings. The van der Waals surface area contributed by atoms with Gasteiger partial charge in [0.05, 0.1) is 11.2 Å². The number of nitro benzene ring substituents is 1. The van der Waals surface area contributed by atoms with Gasteiger partial charge in [-0.1, -0.05) is 0 Å². The number of nitrogens with one attached hydrogen (secondary N) is 2. The van der Waals surface area contributed by atoms with Gasteiger partial charge in [-0.15, -0.1) is 0 Å². The van der Waals surface area contributed by atoms with Crippen molar-refractivity contribution >= 4 is 17.3 Å².